The molecule has 0 aromatic heterocycles. The monoisotopic (exact) mass is 385 g/mol. The smallest absolute Gasteiger partial charge is 0.426 e. The van der Waals surface area contributed by atoms with Crippen LogP contribution in [0.5, 0.6) is 0 Å². The third-order valence-corrected chi connectivity index (χ3v) is 4.52. The van der Waals surface area contributed by atoms with E-state index in [1.54, 1.807) is 30.3 Å². The van der Waals surface area contributed by atoms with Gasteiger partial charge in [-0.2, -0.15) is 13.2 Å². The first kappa shape index (κ1) is 19.8. The van der Waals surface area contributed by atoms with Gasteiger partial charge in [0.25, 0.3) is 5.91 Å². The number of hydrogen-bond acceptors (Lipinski definition) is 4. The summed E-state index contributed by atoms with van der Waals surface area (Å²) in [6.45, 7) is 0.320. The summed E-state index contributed by atoms with van der Waals surface area (Å²) in [5.74, 6) is -3.01. The number of carboxylic acids is 1. The Morgan fingerprint density at radius 1 is 1.08 bits per heavy atom. The summed E-state index contributed by atoms with van der Waals surface area (Å²) in [6.07, 6.45) is -5.17. The lowest BCUT2D eigenvalue weighted by Crippen LogP contribution is -2.52. The van der Waals surface area contributed by atoms with Crippen molar-refractivity contribution in [1.82, 2.24) is 0 Å². The lowest BCUT2D eigenvalue weighted by molar-refractivity contribution is -0.242. The zero-order valence-electron chi connectivity index (χ0n) is 13.4. The van der Waals surface area contributed by atoms with E-state index in [2.05, 4.69) is 0 Å². The van der Waals surface area contributed by atoms with E-state index in [0.717, 1.165) is 22.7 Å². The normalized spacial score (nSPS) is 13.7. The van der Waals surface area contributed by atoms with Gasteiger partial charge in [-0.05, 0) is 37.3 Å². The van der Waals surface area contributed by atoms with Gasteiger partial charge in [0.05, 0.1) is 5.56 Å². The van der Waals surface area contributed by atoms with Crippen LogP contribution in [0.15, 0.2) is 58.3 Å². The Balaban J connectivity index is 2.28. The van der Waals surface area contributed by atoms with E-state index in [4.69, 9.17) is 0 Å². The molecule has 26 heavy (non-hydrogen) atoms. The number of amides is 1. The molecular formula is C17H14F3NO4S. The zero-order valence-corrected chi connectivity index (χ0v) is 14.2. The predicted octanol–water partition coefficient (Wildman–Crippen LogP) is 3.79. The molecule has 0 aliphatic heterocycles. The van der Waals surface area contributed by atoms with E-state index >= 15 is 0 Å². The third kappa shape index (κ3) is 4.36. The van der Waals surface area contributed by atoms with Crippen molar-refractivity contribution < 1.29 is 33.0 Å². The van der Waals surface area contributed by atoms with Crippen molar-refractivity contribution in [1.29, 1.82) is 0 Å². The SMILES string of the molecule is CC(O)(C(=O)Nc1ccc(Sc2ccccc2)c(C(=O)O)c1)C(F)(F)F. The fraction of sp³-hybridized carbons (Fsp3) is 0.176. The Labute approximate surface area is 150 Å². The number of carbonyl (C=O) groups is 2. The van der Waals surface area contributed by atoms with Gasteiger partial charge in [-0.15, -0.1) is 0 Å². The zero-order chi connectivity index (χ0) is 19.5. The molecule has 0 saturated heterocycles. The molecule has 1 atom stereocenters. The lowest BCUT2D eigenvalue weighted by atomic mass is 10.1. The van der Waals surface area contributed by atoms with Crippen molar-refractivity contribution in [3.8, 4) is 0 Å². The Bertz CT molecular complexity index is 823. The number of aromatic carboxylic acids is 1. The van der Waals surface area contributed by atoms with Crippen molar-refractivity contribution in [3.05, 3.63) is 54.1 Å². The first-order chi connectivity index (χ1) is 12.0. The number of alkyl halides is 3. The number of carboxylic acid groups (broad SMARTS) is 1. The minimum atomic E-state index is -5.17. The van der Waals surface area contributed by atoms with Crippen LogP contribution in [0.1, 0.15) is 17.3 Å². The minimum absolute atomic E-state index is 0.172. The van der Waals surface area contributed by atoms with Crippen molar-refractivity contribution in [2.45, 2.75) is 28.5 Å². The van der Waals surface area contributed by atoms with Crippen LogP contribution in [0.25, 0.3) is 0 Å². The average Bonchev–Trinajstić information content (AvgIpc) is 2.55. The van der Waals surface area contributed by atoms with Crippen LogP contribution in [-0.2, 0) is 4.79 Å². The van der Waals surface area contributed by atoms with Gasteiger partial charge >= 0.3 is 12.1 Å². The second-order valence-electron chi connectivity index (χ2n) is 5.46. The number of aliphatic hydroxyl groups is 1. The fourth-order valence-corrected chi connectivity index (χ4v) is 2.80. The number of benzene rings is 2. The summed E-state index contributed by atoms with van der Waals surface area (Å²) in [7, 11) is 0. The molecule has 1 amide bonds. The Hall–Kier alpha value is -2.52. The summed E-state index contributed by atoms with van der Waals surface area (Å²) in [6, 6.07) is 12.6. The summed E-state index contributed by atoms with van der Waals surface area (Å²) in [4.78, 5) is 24.3. The van der Waals surface area contributed by atoms with Gasteiger partial charge in [-0.3, -0.25) is 4.79 Å². The van der Waals surface area contributed by atoms with Crippen LogP contribution < -0.4 is 5.32 Å². The molecule has 0 bridgehead atoms. The topological polar surface area (TPSA) is 86.6 Å². The van der Waals surface area contributed by atoms with Crippen molar-refractivity contribution in [2.75, 3.05) is 5.32 Å². The number of anilines is 1. The molecule has 5 nitrogen and oxygen atoms in total. The van der Waals surface area contributed by atoms with Gasteiger partial charge in [-0.1, -0.05) is 30.0 Å². The number of rotatable bonds is 5. The largest absolute Gasteiger partial charge is 0.478 e. The maximum Gasteiger partial charge on any atom is 0.426 e. The number of nitrogens with one attached hydrogen (secondary N) is 1. The first-order valence-electron chi connectivity index (χ1n) is 7.23. The van der Waals surface area contributed by atoms with Crippen LogP contribution >= 0.6 is 11.8 Å². The van der Waals surface area contributed by atoms with Crippen LogP contribution in [0.3, 0.4) is 0 Å². The Morgan fingerprint density at radius 3 is 2.23 bits per heavy atom. The maximum absolute atomic E-state index is 12.7. The predicted molar refractivity (Wildman–Crippen MR) is 89.3 cm³/mol. The third-order valence-electron chi connectivity index (χ3n) is 3.43. The van der Waals surface area contributed by atoms with Gasteiger partial charge in [0.2, 0.25) is 5.60 Å². The molecule has 3 N–H and O–H groups in total. The highest BCUT2D eigenvalue weighted by Gasteiger charge is 2.55. The van der Waals surface area contributed by atoms with Crippen LogP contribution in [0.2, 0.25) is 0 Å². The highest BCUT2D eigenvalue weighted by atomic mass is 32.2. The van der Waals surface area contributed by atoms with Crippen molar-refractivity contribution in [3.63, 3.8) is 0 Å². The number of hydrogen-bond donors (Lipinski definition) is 3. The van der Waals surface area contributed by atoms with E-state index in [1.807, 2.05) is 5.32 Å². The molecule has 0 aliphatic carbocycles. The molecule has 0 spiro atoms. The van der Waals surface area contributed by atoms with Crippen LogP contribution in [0, 0.1) is 0 Å². The van der Waals surface area contributed by atoms with E-state index in [1.165, 1.54) is 12.1 Å². The molecule has 2 rings (SSSR count). The van der Waals surface area contributed by atoms with Gasteiger partial charge in [0.1, 0.15) is 0 Å². The van der Waals surface area contributed by atoms with Gasteiger partial charge in [-0.25, -0.2) is 4.79 Å². The highest BCUT2D eigenvalue weighted by molar-refractivity contribution is 7.99. The highest BCUT2D eigenvalue weighted by Crippen LogP contribution is 2.34. The molecule has 0 saturated carbocycles. The van der Waals surface area contributed by atoms with E-state index in [-0.39, 0.29) is 11.3 Å². The Kier molecular flexibility index (Phi) is 5.62. The molecule has 0 radical (unpaired) electrons. The average molecular weight is 385 g/mol. The summed E-state index contributed by atoms with van der Waals surface area (Å²) in [5, 5.41) is 20.6. The molecule has 138 valence electrons. The van der Waals surface area contributed by atoms with Crippen molar-refractivity contribution in [2.24, 2.45) is 0 Å². The fourth-order valence-electron chi connectivity index (χ4n) is 1.86. The van der Waals surface area contributed by atoms with Crippen molar-refractivity contribution >= 4 is 29.3 Å². The summed E-state index contributed by atoms with van der Waals surface area (Å²) in [5.41, 5.74) is -3.97. The minimum Gasteiger partial charge on any atom is -0.478 e. The molecule has 9 heteroatoms. The number of carbonyl (C=O) groups excluding carboxylic acids is 1. The summed E-state index contributed by atoms with van der Waals surface area (Å²) < 4.78 is 38.1. The first-order valence-corrected chi connectivity index (χ1v) is 8.05. The second kappa shape index (κ2) is 7.38. The summed E-state index contributed by atoms with van der Waals surface area (Å²) >= 11 is 1.16. The molecule has 0 fully saturated rings. The number of halogens is 3. The molecule has 2 aromatic carbocycles. The van der Waals surface area contributed by atoms with Crippen LogP contribution in [0.4, 0.5) is 18.9 Å². The molecule has 0 aliphatic rings. The van der Waals surface area contributed by atoms with E-state index in [9.17, 15) is 33.0 Å². The standard InChI is InChI=1S/C17H14F3NO4S/c1-16(25,17(18,19)20)15(24)21-10-7-8-13(12(9-10)14(22)23)26-11-5-3-2-4-6-11/h2-9,25H,1H3,(H,21,24)(H,22,23). The Morgan fingerprint density at radius 2 is 1.69 bits per heavy atom. The van der Waals surface area contributed by atoms with Crippen LogP contribution in [-0.4, -0.2) is 33.9 Å². The second-order valence-corrected chi connectivity index (χ2v) is 6.57. The van der Waals surface area contributed by atoms with Gasteiger partial charge in [0, 0.05) is 15.5 Å². The molecule has 1 unspecified atom stereocenters. The molecular weight excluding hydrogens is 371 g/mol. The maximum atomic E-state index is 12.7. The van der Waals surface area contributed by atoms with E-state index < -0.39 is 23.7 Å². The quantitative estimate of drug-likeness (QED) is 0.729. The molecule has 0 heterocycles. The van der Waals surface area contributed by atoms with E-state index in [0.29, 0.717) is 11.8 Å². The molecule has 2 aromatic rings. The van der Waals surface area contributed by atoms with Gasteiger partial charge in [0.15, 0.2) is 0 Å². The van der Waals surface area contributed by atoms with Gasteiger partial charge < -0.3 is 15.5 Å². The lowest BCUT2D eigenvalue weighted by Gasteiger charge is -2.25.